The topological polar surface area (TPSA) is 86.7 Å². The second kappa shape index (κ2) is 8.67. The zero-order valence-electron chi connectivity index (χ0n) is 18.3. The smallest absolute Gasteiger partial charge is 0.167 e. The van der Waals surface area contributed by atoms with E-state index in [4.69, 9.17) is 5.73 Å². The first-order chi connectivity index (χ1) is 16.0. The van der Waals surface area contributed by atoms with Crippen molar-refractivity contribution in [3.05, 3.63) is 108 Å². The van der Waals surface area contributed by atoms with Crippen LogP contribution in [-0.4, -0.2) is 25.5 Å². The third-order valence-electron chi connectivity index (χ3n) is 5.74. The van der Waals surface area contributed by atoms with Crippen molar-refractivity contribution in [1.82, 2.24) is 19.7 Å². The highest BCUT2D eigenvalue weighted by Gasteiger charge is 2.09. The molecule has 2 heterocycles. The van der Waals surface area contributed by atoms with E-state index in [2.05, 4.69) is 45.4 Å². The second-order valence-corrected chi connectivity index (χ2v) is 8.16. The number of hydrogen-bond donors (Lipinski definition) is 1. The number of nitrogens with two attached hydrogens (primary N) is 1. The van der Waals surface area contributed by atoms with Crippen LogP contribution in [0.2, 0.25) is 0 Å². The quantitative estimate of drug-likeness (QED) is 0.312. The number of nitrogen functional groups attached to an aromatic ring is 1. The molecule has 0 fully saturated rings. The lowest BCUT2D eigenvalue weighted by atomic mass is 9.99. The fraction of sp³-hybridized carbons (Fsp3) is 0.111. The van der Waals surface area contributed by atoms with E-state index in [-0.39, 0.29) is 5.78 Å². The van der Waals surface area contributed by atoms with Crippen molar-refractivity contribution in [2.24, 2.45) is 7.05 Å². The number of hydrogen-bond acceptors (Lipinski definition) is 5. The minimum absolute atomic E-state index is 0.0713. The lowest BCUT2D eigenvalue weighted by Gasteiger charge is -2.07. The molecule has 0 radical (unpaired) electrons. The first kappa shape index (κ1) is 20.6. The maximum Gasteiger partial charge on any atom is 0.167 e. The van der Waals surface area contributed by atoms with E-state index in [1.165, 1.54) is 0 Å². The Hall–Kier alpha value is -4.32. The van der Waals surface area contributed by atoms with Crippen LogP contribution in [0.5, 0.6) is 0 Å². The molecule has 6 heteroatoms. The van der Waals surface area contributed by atoms with Gasteiger partial charge in [-0.2, -0.15) is 5.10 Å². The van der Waals surface area contributed by atoms with Crippen molar-refractivity contribution < 1.29 is 4.79 Å². The van der Waals surface area contributed by atoms with Gasteiger partial charge in [0.1, 0.15) is 6.33 Å². The lowest BCUT2D eigenvalue weighted by molar-refractivity contribution is 0.0993. The molecular weight excluding hydrogens is 410 g/mol. The summed E-state index contributed by atoms with van der Waals surface area (Å²) < 4.78 is 1.86. The molecule has 0 spiro atoms. The normalized spacial score (nSPS) is 11.1. The van der Waals surface area contributed by atoms with Crippen molar-refractivity contribution >= 4 is 22.4 Å². The molecule has 0 aliphatic rings. The van der Waals surface area contributed by atoms with Gasteiger partial charge in [0, 0.05) is 47.8 Å². The summed E-state index contributed by atoms with van der Waals surface area (Å²) in [6, 6.07) is 23.4. The molecule has 0 aliphatic carbocycles. The van der Waals surface area contributed by atoms with E-state index in [0.29, 0.717) is 24.1 Å². The highest BCUT2D eigenvalue weighted by molar-refractivity contribution is 5.97. The largest absolute Gasteiger partial charge is 0.399 e. The summed E-state index contributed by atoms with van der Waals surface area (Å²) in [6.45, 7) is 0. The number of nitrogens with zero attached hydrogens (tertiary/aromatic N) is 4. The maximum absolute atomic E-state index is 12.6. The van der Waals surface area contributed by atoms with Crippen molar-refractivity contribution in [1.29, 1.82) is 0 Å². The summed E-state index contributed by atoms with van der Waals surface area (Å²) in [6.07, 6.45) is 4.47. The number of carbonyl (C=O) groups excluding carboxylic acids is 1. The van der Waals surface area contributed by atoms with E-state index in [1.54, 1.807) is 30.6 Å². The molecule has 0 aliphatic heterocycles. The molecule has 0 bridgehead atoms. The third kappa shape index (κ3) is 4.50. The second-order valence-electron chi connectivity index (χ2n) is 8.16. The lowest BCUT2D eigenvalue weighted by Crippen LogP contribution is -2.04. The Bertz CT molecular complexity index is 1450. The third-order valence-corrected chi connectivity index (χ3v) is 5.74. The van der Waals surface area contributed by atoms with Gasteiger partial charge in [-0.1, -0.05) is 36.4 Å². The number of anilines is 1. The van der Waals surface area contributed by atoms with Gasteiger partial charge in [-0.05, 0) is 47.5 Å². The fourth-order valence-corrected chi connectivity index (χ4v) is 3.97. The molecule has 0 saturated heterocycles. The van der Waals surface area contributed by atoms with Crippen LogP contribution < -0.4 is 5.73 Å². The van der Waals surface area contributed by atoms with Gasteiger partial charge in [-0.25, -0.2) is 9.97 Å². The Morgan fingerprint density at radius 1 is 0.939 bits per heavy atom. The van der Waals surface area contributed by atoms with Gasteiger partial charge in [0.25, 0.3) is 0 Å². The monoisotopic (exact) mass is 433 g/mol. The first-order valence-electron chi connectivity index (χ1n) is 10.7. The number of benzene rings is 3. The summed E-state index contributed by atoms with van der Waals surface area (Å²) in [5, 5.41) is 5.41. The summed E-state index contributed by atoms with van der Waals surface area (Å²) in [5.41, 5.74) is 13.0. The summed E-state index contributed by atoms with van der Waals surface area (Å²) in [4.78, 5) is 21.6. The van der Waals surface area contributed by atoms with Crippen LogP contribution in [0.15, 0.2) is 85.3 Å². The van der Waals surface area contributed by atoms with Crippen LogP contribution in [0.4, 0.5) is 5.69 Å². The number of aryl methyl sites for hydroxylation is 1. The summed E-state index contributed by atoms with van der Waals surface area (Å²) >= 11 is 0. The van der Waals surface area contributed by atoms with Crippen molar-refractivity contribution in [2.45, 2.75) is 12.8 Å². The number of Topliss-reactive ketones (excluding diaryl/α,β-unsaturated/α-hetero) is 1. The van der Waals surface area contributed by atoms with E-state index in [0.717, 1.165) is 39.0 Å². The Labute approximate surface area is 191 Å². The van der Waals surface area contributed by atoms with Crippen LogP contribution in [0.25, 0.3) is 22.2 Å². The Morgan fingerprint density at radius 2 is 1.76 bits per heavy atom. The van der Waals surface area contributed by atoms with Gasteiger partial charge in [0.15, 0.2) is 5.78 Å². The Kier molecular flexibility index (Phi) is 5.40. The molecule has 162 valence electrons. The molecule has 5 aromatic rings. The van der Waals surface area contributed by atoms with E-state index >= 15 is 0 Å². The molecule has 6 nitrogen and oxygen atoms in total. The molecule has 0 unspecified atom stereocenters. The van der Waals surface area contributed by atoms with E-state index < -0.39 is 0 Å². The average molecular weight is 434 g/mol. The van der Waals surface area contributed by atoms with Gasteiger partial charge in [0.2, 0.25) is 0 Å². The van der Waals surface area contributed by atoms with Crippen molar-refractivity contribution in [2.75, 3.05) is 5.73 Å². The van der Waals surface area contributed by atoms with Crippen LogP contribution in [0, 0.1) is 0 Å². The van der Waals surface area contributed by atoms with Crippen LogP contribution >= 0.6 is 0 Å². The van der Waals surface area contributed by atoms with E-state index in [1.807, 2.05) is 36.1 Å². The molecule has 0 saturated carbocycles. The minimum Gasteiger partial charge on any atom is -0.399 e. The zero-order chi connectivity index (χ0) is 22.8. The molecule has 33 heavy (non-hydrogen) atoms. The van der Waals surface area contributed by atoms with Crippen LogP contribution in [0.1, 0.15) is 27.2 Å². The maximum atomic E-state index is 12.6. The number of carbonyl (C=O) groups is 1. The molecule has 2 aromatic heterocycles. The average Bonchev–Trinajstić information content (AvgIpc) is 3.20. The fourth-order valence-electron chi connectivity index (χ4n) is 3.97. The van der Waals surface area contributed by atoms with Crippen molar-refractivity contribution in [3.8, 4) is 11.3 Å². The zero-order valence-corrected chi connectivity index (χ0v) is 18.3. The molecule has 0 amide bonds. The minimum atomic E-state index is 0.0713. The SMILES string of the molecule is Cn1ncc2ccc(-c3cc(Cc4cccc(CC(=O)c5ccc(N)cc5)c4)ncn3)cc21. The van der Waals surface area contributed by atoms with Crippen molar-refractivity contribution in [3.63, 3.8) is 0 Å². The summed E-state index contributed by atoms with van der Waals surface area (Å²) in [7, 11) is 1.93. The summed E-state index contributed by atoms with van der Waals surface area (Å²) in [5.74, 6) is 0.0713. The molecule has 2 N–H and O–H groups in total. The number of aromatic nitrogens is 4. The standard InChI is InChI=1S/C27H23N5O/c1-32-26-14-21(5-6-22(26)16-31-32)25-15-24(29-17-30-25)12-18-3-2-4-19(11-18)13-27(33)20-7-9-23(28)10-8-20/h2-11,14-17H,12-13,28H2,1H3. The molecular formula is C27H23N5O. The first-order valence-corrected chi connectivity index (χ1v) is 10.7. The highest BCUT2D eigenvalue weighted by atomic mass is 16.1. The van der Waals surface area contributed by atoms with E-state index in [9.17, 15) is 4.79 Å². The van der Waals surface area contributed by atoms with Crippen LogP contribution in [0.3, 0.4) is 0 Å². The Morgan fingerprint density at radius 3 is 2.61 bits per heavy atom. The van der Waals surface area contributed by atoms with Gasteiger partial charge in [0.05, 0.1) is 17.4 Å². The Balaban J connectivity index is 1.34. The predicted molar refractivity (Wildman–Crippen MR) is 130 cm³/mol. The van der Waals surface area contributed by atoms with Gasteiger partial charge in [-0.15, -0.1) is 0 Å². The predicted octanol–water partition coefficient (Wildman–Crippen LogP) is 4.63. The number of ketones is 1. The molecule has 5 rings (SSSR count). The van der Waals surface area contributed by atoms with Gasteiger partial charge < -0.3 is 5.73 Å². The molecule has 0 atom stereocenters. The number of rotatable bonds is 6. The highest BCUT2D eigenvalue weighted by Crippen LogP contribution is 2.23. The number of fused-ring (bicyclic) bond motifs is 1. The van der Waals surface area contributed by atoms with Gasteiger partial charge >= 0.3 is 0 Å². The van der Waals surface area contributed by atoms with Gasteiger partial charge in [-0.3, -0.25) is 9.48 Å². The van der Waals surface area contributed by atoms with Crippen LogP contribution in [-0.2, 0) is 19.9 Å². The molecule has 3 aromatic carbocycles.